The lowest BCUT2D eigenvalue weighted by atomic mass is 10.1. The predicted molar refractivity (Wildman–Crippen MR) is 81.0 cm³/mol. The molecule has 5 heteroatoms. The third kappa shape index (κ3) is 5.93. The van der Waals surface area contributed by atoms with Gasteiger partial charge in [0.05, 0.1) is 6.61 Å². The molecule has 1 aromatic carbocycles. The van der Waals surface area contributed by atoms with E-state index in [4.69, 9.17) is 9.84 Å². The van der Waals surface area contributed by atoms with E-state index in [1.807, 2.05) is 6.92 Å². The lowest BCUT2D eigenvalue weighted by Gasteiger charge is -2.05. The summed E-state index contributed by atoms with van der Waals surface area (Å²) in [7, 11) is 0. The molecule has 0 heterocycles. The van der Waals surface area contributed by atoms with Crippen LogP contribution < -0.4 is 4.74 Å². The van der Waals surface area contributed by atoms with Crippen molar-refractivity contribution in [1.82, 2.24) is 0 Å². The maximum Gasteiger partial charge on any atom is 0.332 e. The van der Waals surface area contributed by atoms with E-state index >= 15 is 0 Å². The standard InChI is InChI=1S/C15H18O4S/c1-3-8-19-14-6-4-12(5-7-14)9-13(15(17)18)10-20-11(2)16/h4-7,9H,3,8,10H2,1-2H3,(H,17,18). The Balaban J connectivity index is 2.77. The summed E-state index contributed by atoms with van der Waals surface area (Å²) in [5.41, 5.74) is 0.975. The molecule has 0 radical (unpaired) electrons. The summed E-state index contributed by atoms with van der Waals surface area (Å²) in [5, 5.41) is 9.00. The van der Waals surface area contributed by atoms with Crippen LogP contribution in [-0.4, -0.2) is 28.6 Å². The van der Waals surface area contributed by atoms with Crippen molar-refractivity contribution in [2.24, 2.45) is 0 Å². The van der Waals surface area contributed by atoms with Crippen LogP contribution in [0.1, 0.15) is 25.8 Å². The van der Waals surface area contributed by atoms with Crippen molar-refractivity contribution in [2.75, 3.05) is 12.4 Å². The van der Waals surface area contributed by atoms with Gasteiger partial charge in [-0.25, -0.2) is 4.79 Å². The van der Waals surface area contributed by atoms with Crippen molar-refractivity contribution >= 4 is 28.9 Å². The van der Waals surface area contributed by atoms with E-state index in [0.717, 1.165) is 29.5 Å². The van der Waals surface area contributed by atoms with Crippen LogP contribution in [0.25, 0.3) is 6.08 Å². The van der Waals surface area contributed by atoms with Crippen LogP contribution >= 0.6 is 11.8 Å². The topological polar surface area (TPSA) is 63.6 Å². The summed E-state index contributed by atoms with van der Waals surface area (Å²) in [5.74, 6) is -0.0808. The molecule has 4 nitrogen and oxygen atoms in total. The molecule has 0 unspecified atom stereocenters. The highest BCUT2D eigenvalue weighted by molar-refractivity contribution is 8.13. The summed E-state index contributed by atoms with van der Waals surface area (Å²) in [6.07, 6.45) is 2.51. The second-order valence-electron chi connectivity index (χ2n) is 4.17. The molecule has 0 saturated carbocycles. The van der Waals surface area contributed by atoms with Gasteiger partial charge in [-0.05, 0) is 30.2 Å². The van der Waals surface area contributed by atoms with Gasteiger partial charge in [0.2, 0.25) is 0 Å². The van der Waals surface area contributed by atoms with Crippen molar-refractivity contribution in [3.8, 4) is 5.75 Å². The minimum atomic E-state index is -1.01. The van der Waals surface area contributed by atoms with Gasteiger partial charge in [-0.1, -0.05) is 30.8 Å². The number of aliphatic carboxylic acids is 1. The minimum absolute atomic E-state index is 0.0968. The SMILES string of the molecule is CCCOc1ccc(C=C(CSC(C)=O)C(=O)O)cc1. The van der Waals surface area contributed by atoms with Crippen LogP contribution in [-0.2, 0) is 9.59 Å². The number of carboxylic acid groups (broad SMARTS) is 1. The molecule has 0 atom stereocenters. The number of hydrogen-bond acceptors (Lipinski definition) is 4. The number of ether oxygens (including phenoxy) is 1. The van der Waals surface area contributed by atoms with Crippen LogP contribution in [0.4, 0.5) is 0 Å². The average Bonchev–Trinajstić information content (AvgIpc) is 2.42. The fourth-order valence-electron chi connectivity index (χ4n) is 1.43. The predicted octanol–water partition coefficient (Wildman–Crippen LogP) is 3.22. The molecule has 108 valence electrons. The molecule has 0 aliphatic carbocycles. The van der Waals surface area contributed by atoms with E-state index in [1.165, 1.54) is 6.92 Å². The quantitative estimate of drug-likeness (QED) is 0.782. The fourth-order valence-corrected chi connectivity index (χ4v) is 1.99. The molecule has 0 saturated heterocycles. The van der Waals surface area contributed by atoms with E-state index in [0.29, 0.717) is 6.61 Å². The molecule has 20 heavy (non-hydrogen) atoms. The van der Waals surface area contributed by atoms with Crippen LogP contribution in [0.15, 0.2) is 29.8 Å². The van der Waals surface area contributed by atoms with Crippen molar-refractivity contribution in [3.63, 3.8) is 0 Å². The van der Waals surface area contributed by atoms with Crippen molar-refractivity contribution in [3.05, 3.63) is 35.4 Å². The largest absolute Gasteiger partial charge is 0.494 e. The monoisotopic (exact) mass is 294 g/mol. The normalized spacial score (nSPS) is 11.2. The van der Waals surface area contributed by atoms with Crippen molar-refractivity contribution in [1.29, 1.82) is 0 Å². The zero-order valence-electron chi connectivity index (χ0n) is 11.6. The highest BCUT2D eigenvalue weighted by Crippen LogP contribution is 2.17. The Bertz CT molecular complexity index is 491. The Hall–Kier alpha value is -1.75. The van der Waals surface area contributed by atoms with Crippen LogP contribution in [0.3, 0.4) is 0 Å². The minimum Gasteiger partial charge on any atom is -0.494 e. The molecule has 0 aromatic heterocycles. The zero-order chi connectivity index (χ0) is 15.0. The molecule has 0 aliphatic heterocycles. The number of carboxylic acids is 1. The summed E-state index contributed by atoms with van der Waals surface area (Å²) < 4.78 is 5.46. The van der Waals surface area contributed by atoms with Gasteiger partial charge in [0, 0.05) is 18.2 Å². The van der Waals surface area contributed by atoms with Gasteiger partial charge in [0.15, 0.2) is 5.12 Å². The van der Waals surface area contributed by atoms with E-state index < -0.39 is 5.97 Å². The van der Waals surface area contributed by atoms with Gasteiger partial charge in [0.1, 0.15) is 5.75 Å². The van der Waals surface area contributed by atoms with Crippen molar-refractivity contribution < 1.29 is 19.4 Å². The summed E-state index contributed by atoms with van der Waals surface area (Å²) in [4.78, 5) is 22.0. The first kappa shape index (κ1) is 16.3. The molecule has 1 aromatic rings. The molecular weight excluding hydrogens is 276 g/mol. The molecule has 0 spiro atoms. The number of thioether (sulfide) groups is 1. The first-order valence-corrected chi connectivity index (χ1v) is 7.31. The molecule has 0 fully saturated rings. The Kier molecular flexibility index (Phi) is 6.87. The third-order valence-electron chi connectivity index (χ3n) is 2.40. The lowest BCUT2D eigenvalue weighted by molar-refractivity contribution is -0.132. The molecular formula is C15H18O4S. The maximum atomic E-state index is 11.1. The summed E-state index contributed by atoms with van der Waals surface area (Å²) >= 11 is 0.988. The second-order valence-corrected chi connectivity index (χ2v) is 5.32. The Morgan fingerprint density at radius 1 is 1.30 bits per heavy atom. The van der Waals surface area contributed by atoms with Crippen molar-refractivity contribution in [2.45, 2.75) is 20.3 Å². The smallest absolute Gasteiger partial charge is 0.332 e. The second kappa shape index (κ2) is 8.43. The van der Waals surface area contributed by atoms with Gasteiger partial charge >= 0.3 is 5.97 Å². The fraction of sp³-hybridized carbons (Fsp3) is 0.333. The Morgan fingerprint density at radius 2 is 1.95 bits per heavy atom. The molecule has 0 bridgehead atoms. The van der Waals surface area contributed by atoms with Gasteiger partial charge in [0.25, 0.3) is 0 Å². The van der Waals surface area contributed by atoms with Gasteiger partial charge in [-0.2, -0.15) is 0 Å². The molecule has 1 rings (SSSR count). The van der Waals surface area contributed by atoms with E-state index in [1.54, 1.807) is 30.3 Å². The van der Waals surface area contributed by atoms with E-state index in [9.17, 15) is 9.59 Å². The number of benzene rings is 1. The number of carbonyl (C=O) groups is 2. The summed E-state index contributed by atoms with van der Waals surface area (Å²) in [6.45, 7) is 4.11. The molecule has 0 aliphatic rings. The van der Waals surface area contributed by atoms with Crippen LogP contribution in [0.2, 0.25) is 0 Å². The van der Waals surface area contributed by atoms with Crippen LogP contribution in [0, 0.1) is 0 Å². The van der Waals surface area contributed by atoms with Gasteiger partial charge < -0.3 is 9.84 Å². The first-order valence-electron chi connectivity index (χ1n) is 6.33. The summed E-state index contributed by atoms with van der Waals surface area (Å²) in [6, 6.07) is 7.21. The zero-order valence-corrected chi connectivity index (χ0v) is 12.4. The molecule has 1 N–H and O–H groups in total. The van der Waals surface area contributed by atoms with E-state index in [2.05, 4.69) is 0 Å². The highest BCUT2D eigenvalue weighted by Gasteiger charge is 2.09. The van der Waals surface area contributed by atoms with E-state index in [-0.39, 0.29) is 16.4 Å². The molecule has 0 amide bonds. The van der Waals surface area contributed by atoms with Gasteiger partial charge in [-0.3, -0.25) is 4.79 Å². The maximum absolute atomic E-state index is 11.1. The average molecular weight is 294 g/mol. The third-order valence-corrected chi connectivity index (χ3v) is 3.26. The van der Waals surface area contributed by atoms with Gasteiger partial charge in [-0.15, -0.1) is 0 Å². The number of carbonyl (C=O) groups excluding carboxylic acids is 1. The number of hydrogen-bond donors (Lipinski definition) is 1. The lowest BCUT2D eigenvalue weighted by Crippen LogP contribution is -2.04. The van der Waals surface area contributed by atoms with Crippen LogP contribution in [0.5, 0.6) is 5.75 Å². The Morgan fingerprint density at radius 3 is 2.45 bits per heavy atom. The Labute approximate surface area is 122 Å². The highest BCUT2D eigenvalue weighted by atomic mass is 32.2. The number of rotatable bonds is 7. The first-order chi connectivity index (χ1) is 9.52.